The highest BCUT2D eigenvalue weighted by Gasteiger charge is 2.07. The van der Waals surface area contributed by atoms with Crippen LogP contribution in [0.5, 0.6) is 0 Å². The van der Waals surface area contributed by atoms with Crippen LogP contribution in [-0.4, -0.2) is 8.80 Å². The lowest BCUT2D eigenvalue weighted by molar-refractivity contribution is 1.12. The van der Waals surface area contributed by atoms with E-state index in [1.807, 2.05) is 12.1 Å². The van der Waals surface area contributed by atoms with Crippen LogP contribution in [0.15, 0.2) is 54.6 Å². The molecule has 0 aliphatic heterocycles. The lowest BCUT2D eigenvalue weighted by atomic mass is 10.2. The maximum absolute atomic E-state index is 5.88. The van der Waals surface area contributed by atoms with Crippen molar-refractivity contribution in [3.05, 3.63) is 65.2 Å². The molecule has 0 atom stereocenters. The molecule has 0 spiro atoms. The van der Waals surface area contributed by atoms with E-state index in [1.54, 1.807) is 0 Å². The van der Waals surface area contributed by atoms with E-state index >= 15 is 0 Å². The van der Waals surface area contributed by atoms with Crippen LogP contribution in [0.3, 0.4) is 0 Å². The third kappa shape index (κ3) is 3.72. The summed E-state index contributed by atoms with van der Waals surface area (Å²) in [6, 6.07) is 20.3. The lowest BCUT2D eigenvalue weighted by Gasteiger charge is -2.09. The second-order valence-electron chi connectivity index (χ2n) is 4.27. The average molecular weight is 260 g/mol. The van der Waals surface area contributed by atoms with E-state index in [-0.39, 0.29) is 0 Å². The lowest BCUT2D eigenvalue weighted by Crippen LogP contribution is -2.26. The first kappa shape index (κ1) is 12.4. The molecular weight excluding hydrogens is 244 g/mol. The Hall–Kier alpha value is -1.05. The van der Waals surface area contributed by atoms with Crippen molar-refractivity contribution in [3.8, 4) is 0 Å². The van der Waals surface area contributed by atoms with Crippen LogP contribution >= 0.6 is 11.6 Å². The zero-order chi connectivity index (χ0) is 12.1. The molecule has 17 heavy (non-hydrogen) atoms. The molecule has 0 unspecified atom stereocenters. The predicted octanol–water partition coefficient (Wildman–Crippen LogP) is 3.91. The van der Waals surface area contributed by atoms with Crippen LogP contribution in [0, 0.1) is 0 Å². The molecule has 0 aliphatic carbocycles. The molecule has 0 N–H and O–H groups in total. The molecule has 87 valence electrons. The summed E-state index contributed by atoms with van der Waals surface area (Å²) in [6.45, 7) is 2.38. The highest BCUT2D eigenvalue weighted by molar-refractivity contribution is 6.72. The summed E-state index contributed by atoms with van der Waals surface area (Å²) in [7, 11) is -0.408. The van der Waals surface area contributed by atoms with Crippen molar-refractivity contribution < 1.29 is 0 Å². The van der Waals surface area contributed by atoms with E-state index in [9.17, 15) is 0 Å². The minimum atomic E-state index is -0.408. The Morgan fingerprint density at radius 2 is 1.59 bits per heavy atom. The maximum Gasteiger partial charge on any atom is 0.0827 e. The van der Waals surface area contributed by atoms with Gasteiger partial charge in [0.2, 0.25) is 0 Å². The van der Waals surface area contributed by atoms with Gasteiger partial charge in [-0.3, -0.25) is 0 Å². The fourth-order valence-electron chi connectivity index (χ4n) is 1.85. The van der Waals surface area contributed by atoms with Gasteiger partial charge in [-0.2, -0.15) is 0 Å². The molecule has 0 saturated carbocycles. The molecule has 0 heterocycles. The third-order valence-electron chi connectivity index (χ3n) is 2.97. The number of hydrogen-bond donors (Lipinski definition) is 0. The van der Waals surface area contributed by atoms with Crippen LogP contribution < -0.4 is 5.19 Å². The van der Waals surface area contributed by atoms with Crippen LogP contribution in [0.4, 0.5) is 0 Å². The maximum atomic E-state index is 5.88. The van der Waals surface area contributed by atoms with Crippen molar-refractivity contribution >= 4 is 25.6 Å². The van der Waals surface area contributed by atoms with Gasteiger partial charge in [0.25, 0.3) is 0 Å². The molecule has 0 fully saturated rings. The summed E-state index contributed by atoms with van der Waals surface area (Å²) in [5, 5.41) is 2.34. The van der Waals surface area contributed by atoms with Gasteiger partial charge in [0, 0.05) is 5.02 Å². The molecule has 0 aliphatic rings. The summed E-state index contributed by atoms with van der Waals surface area (Å²) < 4.78 is 0. The van der Waals surface area contributed by atoms with Gasteiger partial charge in [0.05, 0.1) is 8.80 Å². The first-order valence-electron chi connectivity index (χ1n) is 5.88. The molecule has 0 aromatic heterocycles. The van der Waals surface area contributed by atoms with Gasteiger partial charge < -0.3 is 0 Å². The molecule has 0 amide bonds. The molecular formula is C15H16ClSi. The average Bonchev–Trinajstić information content (AvgIpc) is 2.39. The number of hydrogen-bond acceptors (Lipinski definition) is 0. The minimum Gasteiger partial charge on any atom is -0.0843 e. The summed E-state index contributed by atoms with van der Waals surface area (Å²) in [5.41, 5.74) is 1.38. The van der Waals surface area contributed by atoms with Crippen LogP contribution in [0.2, 0.25) is 17.6 Å². The van der Waals surface area contributed by atoms with Crippen molar-refractivity contribution in [2.45, 2.75) is 19.0 Å². The quantitative estimate of drug-likeness (QED) is 0.731. The Balaban J connectivity index is 1.92. The van der Waals surface area contributed by atoms with E-state index in [2.05, 4.69) is 49.0 Å². The molecule has 0 bridgehead atoms. The largest absolute Gasteiger partial charge is 0.0843 e. The van der Waals surface area contributed by atoms with Gasteiger partial charge in [0.1, 0.15) is 0 Å². The Labute approximate surface area is 110 Å². The van der Waals surface area contributed by atoms with E-state index in [4.69, 9.17) is 11.6 Å². The molecule has 2 heteroatoms. The normalized spacial score (nSPS) is 10.8. The van der Waals surface area contributed by atoms with Crippen molar-refractivity contribution in [2.24, 2.45) is 0 Å². The summed E-state index contributed by atoms with van der Waals surface area (Å²) in [6.07, 6.45) is 1.15. The molecule has 1 radical (unpaired) electrons. The summed E-state index contributed by atoms with van der Waals surface area (Å²) >= 11 is 5.88. The second-order valence-corrected chi connectivity index (χ2v) is 7.35. The smallest absolute Gasteiger partial charge is 0.0827 e. The van der Waals surface area contributed by atoms with Crippen molar-refractivity contribution in [1.29, 1.82) is 0 Å². The number of rotatable bonds is 4. The fourth-order valence-corrected chi connectivity index (χ4v) is 3.69. The van der Waals surface area contributed by atoms with Crippen molar-refractivity contribution in [2.75, 3.05) is 0 Å². The van der Waals surface area contributed by atoms with Crippen molar-refractivity contribution in [1.82, 2.24) is 0 Å². The monoisotopic (exact) mass is 259 g/mol. The van der Waals surface area contributed by atoms with Crippen LogP contribution in [-0.2, 0) is 6.42 Å². The van der Waals surface area contributed by atoms with Crippen LogP contribution in [0.1, 0.15) is 5.56 Å². The Kier molecular flexibility index (Phi) is 4.40. The van der Waals surface area contributed by atoms with E-state index in [0.29, 0.717) is 0 Å². The first-order valence-corrected chi connectivity index (χ1v) is 8.46. The number of benzene rings is 2. The van der Waals surface area contributed by atoms with Gasteiger partial charge in [-0.25, -0.2) is 0 Å². The molecule has 2 rings (SSSR count). The van der Waals surface area contributed by atoms with Gasteiger partial charge in [-0.05, 0) is 24.1 Å². The first-order chi connectivity index (χ1) is 8.25. The molecule has 2 aromatic rings. The molecule has 0 saturated heterocycles. The van der Waals surface area contributed by atoms with E-state index in [1.165, 1.54) is 16.8 Å². The van der Waals surface area contributed by atoms with Gasteiger partial charge >= 0.3 is 0 Å². The van der Waals surface area contributed by atoms with E-state index < -0.39 is 8.80 Å². The molecule has 0 nitrogen and oxygen atoms in total. The Bertz CT molecular complexity index is 450. The van der Waals surface area contributed by atoms with Gasteiger partial charge in [-0.1, -0.05) is 71.8 Å². The number of aryl methyl sites for hydroxylation is 1. The van der Waals surface area contributed by atoms with Crippen LogP contribution in [0.25, 0.3) is 0 Å². The molecule has 2 aromatic carbocycles. The summed E-state index contributed by atoms with van der Waals surface area (Å²) in [4.78, 5) is 0. The predicted molar refractivity (Wildman–Crippen MR) is 77.7 cm³/mol. The minimum absolute atomic E-state index is 0.408. The highest BCUT2D eigenvalue weighted by Crippen LogP contribution is 2.12. The highest BCUT2D eigenvalue weighted by atomic mass is 35.5. The van der Waals surface area contributed by atoms with Gasteiger partial charge in [-0.15, -0.1) is 0 Å². The Morgan fingerprint density at radius 1 is 0.941 bits per heavy atom. The zero-order valence-electron chi connectivity index (χ0n) is 9.99. The standard InChI is InChI=1S/C15H16ClSi/c1-17(15-5-3-2-4-6-15)12-11-13-7-9-14(16)10-8-13/h2-10H,11-12H2,1H3. The zero-order valence-corrected chi connectivity index (χ0v) is 11.7. The van der Waals surface area contributed by atoms with E-state index in [0.717, 1.165) is 11.4 Å². The number of halogens is 1. The van der Waals surface area contributed by atoms with Crippen molar-refractivity contribution in [3.63, 3.8) is 0 Å². The SMILES string of the molecule is C[Si](CCc1ccc(Cl)cc1)c1ccccc1. The third-order valence-corrected chi connectivity index (χ3v) is 5.54. The topological polar surface area (TPSA) is 0 Å². The fraction of sp³-hybridized carbons (Fsp3) is 0.200. The Morgan fingerprint density at radius 3 is 2.24 bits per heavy atom. The van der Waals surface area contributed by atoms with Gasteiger partial charge in [0.15, 0.2) is 0 Å². The summed E-state index contributed by atoms with van der Waals surface area (Å²) in [5.74, 6) is 0. The second kappa shape index (κ2) is 6.04.